The molecule has 2 atom stereocenters. The van der Waals surface area contributed by atoms with Crippen LogP contribution in [0.1, 0.15) is 40.0 Å². The number of ether oxygens (including phenoxy) is 4. The van der Waals surface area contributed by atoms with Crippen LogP contribution >= 0.6 is 0 Å². The molecule has 0 saturated heterocycles. The van der Waals surface area contributed by atoms with Crippen LogP contribution in [-0.2, 0) is 28.5 Å². The highest BCUT2D eigenvalue weighted by atomic mass is 19.1. The zero-order valence-electron chi connectivity index (χ0n) is 15.4. The van der Waals surface area contributed by atoms with Gasteiger partial charge < -0.3 is 24.3 Å². The molecule has 0 rings (SSSR count). The second kappa shape index (κ2) is 11.6. The van der Waals surface area contributed by atoms with Crippen LogP contribution in [0.15, 0.2) is 0 Å². The van der Waals surface area contributed by atoms with Gasteiger partial charge in [-0.1, -0.05) is 0 Å². The molecule has 0 aliphatic rings. The number of nitrogens with one attached hydrogen (secondary N) is 1. The first-order chi connectivity index (χ1) is 11.6. The van der Waals surface area contributed by atoms with E-state index in [1.54, 1.807) is 20.8 Å². The summed E-state index contributed by atoms with van der Waals surface area (Å²) >= 11 is 0. The van der Waals surface area contributed by atoms with Gasteiger partial charge in [-0.2, -0.15) is 0 Å². The number of alkyl carbamates (subject to hydrolysis) is 1. The molecule has 9 heteroatoms. The Balaban J connectivity index is 4.97. The summed E-state index contributed by atoms with van der Waals surface area (Å²) in [4.78, 5) is 34.9. The van der Waals surface area contributed by atoms with E-state index in [0.717, 1.165) is 0 Å². The normalized spacial score (nSPS) is 13.5. The molecule has 0 radical (unpaired) electrons. The minimum atomic E-state index is -0.729. The van der Waals surface area contributed by atoms with E-state index in [1.807, 2.05) is 0 Å². The van der Waals surface area contributed by atoms with E-state index in [1.165, 1.54) is 14.2 Å². The maximum Gasteiger partial charge on any atom is 0.407 e. The molecule has 8 nitrogen and oxygen atoms in total. The van der Waals surface area contributed by atoms with Crippen molar-refractivity contribution in [3.05, 3.63) is 0 Å². The summed E-state index contributed by atoms with van der Waals surface area (Å²) in [6.45, 7) is 4.17. The Kier molecular flexibility index (Phi) is 10.7. The Morgan fingerprint density at radius 3 is 2.08 bits per heavy atom. The van der Waals surface area contributed by atoms with E-state index in [-0.39, 0.29) is 25.9 Å². The molecule has 0 spiro atoms. The number of carbonyl (C=O) groups excluding carboxylic acids is 3. The van der Waals surface area contributed by atoms with Gasteiger partial charge in [-0.25, -0.2) is 9.18 Å². The Bertz CT molecular complexity index is 437. The zero-order valence-corrected chi connectivity index (χ0v) is 15.4. The van der Waals surface area contributed by atoms with Gasteiger partial charge in [0, 0.05) is 6.04 Å². The zero-order chi connectivity index (χ0) is 19.5. The van der Waals surface area contributed by atoms with Crippen LogP contribution in [0, 0.1) is 0 Å². The Morgan fingerprint density at radius 2 is 1.60 bits per heavy atom. The molecule has 0 aliphatic carbocycles. The number of esters is 2. The van der Waals surface area contributed by atoms with Gasteiger partial charge in [0.25, 0.3) is 0 Å². The van der Waals surface area contributed by atoms with Gasteiger partial charge in [-0.3, -0.25) is 9.59 Å². The van der Waals surface area contributed by atoms with Crippen molar-refractivity contribution in [2.75, 3.05) is 27.5 Å². The van der Waals surface area contributed by atoms with Crippen molar-refractivity contribution < 1.29 is 37.7 Å². The van der Waals surface area contributed by atoms with E-state index in [0.29, 0.717) is 0 Å². The van der Waals surface area contributed by atoms with E-state index in [4.69, 9.17) is 9.47 Å². The van der Waals surface area contributed by atoms with Crippen LogP contribution < -0.4 is 5.32 Å². The number of alkyl halides is 1. The van der Waals surface area contributed by atoms with Gasteiger partial charge in [-0.05, 0) is 27.2 Å². The quantitative estimate of drug-likeness (QED) is 0.465. The summed E-state index contributed by atoms with van der Waals surface area (Å²) in [5, 5.41) is 2.55. The molecule has 2 unspecified atom stereocenters. The van der Waals surface area contributed by atoms with Crippen molar-refractivity contribution in [1.29, 1.82) is 0 Å². The van der Waals surface area contributed by atoms with Crippen LogP contribution in [0.3, 0.4) is 0 Å². The largest absolute Gasteiger partial charge is 0.469 e. The molecule has 146 valence electrons. The predicted molar refractivity (Wildman–Crippen MR) is 86.8 cm³/mol. The molecular weight excluding hydrogens is 337 g/mol. The summed E-state index contributed by atoms with van der Waals surface area (Å²) in [7, 11) is 2.44. The molecule has 0 fully saturated rings. The van der Waals surface area contributed by atoms with Crippen LogP contribution in [-0.4, -0.2) is 63.3 Å². The van der Waals surface area contributed by atoms with E-state index < -0.39 is 42.5 Å². The fourth-order valence-corrected chi connectivity index (χ4v) is 1.96. The second-order valence-corrected chi connectivity index (χ2v) is 6.32. The van der Waals surface area contributed by atoms with Gasteiger partial charge in [0.05, 0.1) is 39.8 Å². The topological polar surface area (TPSA) is 100 Å². The van der Waals surface area contributed by atoms with Gasteiger partial charge in [0.2, 0.25) is 0 Å². The lowest BCUT2D eigenvalue weighted by molar-refractivity contribution is -0.144. The molecule has 0 heterocycles. The average molecular weight is 365 g/mol. The molecule has 1 N–H and O–H groups in total. The SMILES string of the molecule is COC(=O)CC(CC(CC(=O)OC)OCCF)NC(=O)OC(C)(C)C. The lowest BCUT2D eigenvalue weighted by Crippen LogP contribution is -2.42. The first-order valence-corrected chi connectivity index (χ1v) is 7.92. The van der Waals surface area contributed by atoms with Crippen molar-refractivity contribution in [1.82, 2.24) is 5.32 Å². The number of halogens is 1. The summed E-state index contributed by atoms with van der Waals surface area (Å²) in [5.74, 6) is -1.10. The number of hydrogen-bond acceptors (Lipinski definition) is 7. The average Bonchev–Trinajstić information content (AvgIpc) is 2.50. The summed E-state index contributed by atoms with van der Waals surface area (Å²) < 4.78 is 32.0. The number of rotatable bonds is 10. The fraction of sp³-hybridized carbons (Fsp3) is 0.812. The number of methoxy groups -OCH3 is 2. The Hall–Kier alpha value is -1.90. The summed E-state index contributed by atoms with van der Waals surface area (Å²) in [6.07, 6.45) is -1.64. The first-order valence-electron chi connectivity index (χ1n) is 7.92. The van der Waals surface area contributed by atoms with Crippen LogP contribution in [0.25, 0.3) is 0 Å². The van der Waals surface area contributed by atoms with E-state index in [9.17, 15) is 18.8 Å². The minimum absolute atomic E-state index is 0.0867. The third-order valence-corrected chi connectivity index (χ3v) is 2.96. The van der Waals surface area contributed by atoms with Gasteiger partial charge in [0.15, 0.2) is 0 Å². The Morgan fingerprint density at radius 1 is 1.04 bits per heavy atom. The minimum Gasteiger partial charge on any atom is -0.469 e. The van der Waals surface area contributed by atoms with Crippen molar-refractivity contribution in [3.8, 4) is 0 Å². The maximum absolute atomic E-state index is 12.4. The molecule has 0 aromatic rings. The smallest absolute Gasteiger partial charge is 0.407 e. The highest BCUT2D eigenvalue weighted by Crippen LogP contribution is 2.14. The molecule has 1 amide bonds. The van der Waals surface area contributed by atoms with Crippen LogP contribution in [0.4, 0.5) is 9.18 Å². The molecule has 0 saturated carbocycles. The number of amides is 1. The van der Waals surface area contributed by atoms with Gasteiger partial charge in [-0.15, -0.1) is 0 Å². The highest BCUT2D eigenvalue weighted by Gasteiger charge is 2.26. The van der Waals surface area contributed by atoms with Crippen LogP contribution in [0.2, 0.25) is 0 Å². The lowest BCUT2D eigenvalue weighted by Gasteiger charge is -2.25. The van der Waals surface area contributed by atoms with Crippen molar-refractivity contribution >= 4 is 18.0 Å². The fourth-order valence-electron chi connectivity index (χ4n) is 1.96. The molecule has 0 aliphatic heterocycles. The summed E-state index contributed by atoms with van der Waals surface area (Å²) in [5.41, 5.74) is -0.712. The summed E-state index contributed by atoms with van der Waals surface area (Å²) in [6, 6.07) is -0.712. The first kappa shape index (κ1) is 23.1. The van der Waals surface area contributed by atoms with Crippen molar-refractivity contribution in [2.45, 2.75) is 57.8 Å². The molecular formula is C16H28FNO7. The molecule has 0 aromatic heterocycles. The highest BCUT2D eigenvalue weighted by molar-refractivity contribution is 5.73. The number of carbonyl (C=O) groups is 3. The molecule has 25 heavy (non-hydrogen) atoms. The molecule has 0 aromatic carbocycles. The monoisotopic (exact) mass is 365 g/mol. The van der Waals surface area contributed by atoms with Crippen LogP contribution in [0.5, 0.6) is 0 Å². The third-order valence-electron chi connectivity index (χ3n) is 2.96. The van der Waals surface area contributed by atoms with Crippen molar-refractivity contribution in [2.24, 2.45) is 0 Å². The number of hydrogen-bond donors (Lipinski definition) is 1. The van der Waals surface area contributed by atoms with Gasteiger partial charge >= 0.3 is 18.0 Å². The van der Waals surface area contributed by atoms with E-state index >= 15 is 0 Å². The lowest BCUT2D eigenvalue weighted by atomic mass is 10.0. The van der Waals surface area contributed by atoms with Crippen molar-refractivity contribution in [3.63, 3.8) is 0 Å². The molecule has 0 bridgehead atoms. The predicted octanol–water partition coefficient (Wildman–Crippen LogP) is 1.75. The second-order valence-electron chi connectivity index (χ2n) is 6.32. The van der Waals surface area contributed by atoms with E-state index in [2.05, 4.69) is 14.8 Å². The Labute approximate surface area is 147 Å². The van der Waals surface area contributed by atoms with Gasteiger partial charge in [0.1, 0.15) is 12.3 Å². The standard InChI is InChI=1S/C16H28FNO7/c1-16(2,3)25-15(21)18-11(9-13(19)22-4)8-12(24-7-6-17)10-14(20)23-5/h11-12H,6-10H2,1-5H3,(H,18,21). The maximum atomic E-state index is 12.4. The third kappa shape index (κ3) is 12.2.